The highest BCUT2D eigenvalue weighted by molar-refractivity contribution is 6.32. The van der Waals surface area contributed by atoms with Crippen molar-refractivity contribution in [3.63, 3.8) is 0 Å². The van der Waals surface area contributed by atoms with E-state index >= 15 is 0 Å². The van der Waals surface area contributed by atoms with E-state index in [0.717, 1.165) is 44.6 Å². The SMILES string of the molecule is Cc1ccc(OC/C=C/COc2ccc(C=Cc3cccc4c(CCCC(=O)O)c(C)n(CC(=O)O)c34)cc2)c(Cl)c1. The van der Waals surface area contributed by atoms with Crippen LogP contribution in [0.15, 0.2) is 72.8 Å². The Morgan fingerprint density at radius 3 is 2.33 bits per heavy atom. The summed E-state index contributed by atoms with van der Waals surface area (Å²) >= 11 is 6.19. The number of ether oxygens (including phenoxy) is 2. The molecule has 0 spiro atoms. The summed E-state index contributed by atoms with van der Waals surface area (Å²) in [4.78, 5) is 22.7. The Morgan fingerprint density at radius 1 is 0.905 bits per heavy atom. The van der Waals surface area contributed by atoms with E-state index in [9.17, 15) is 14.7 Å². The Hall–Kier alpha value is -4.49. The number of hydrogen-bond acceptors (Lipinski definition) is 4. The summed E-state index contributed by atoms with van der Waals surface area (Å²) in [5.74, 6) is -0.389. The quantitative estimate of drug-likeness (QED) is 0.116. The molecule has 8 heteroatoms. The van der Waals surface area contributed by atoms with Crippen molar-refractivity contribution in [1.29, 1.82) is 0 Å². The molecule has 2 N–H and O–H groups in total. The predicted molar refractivity (Wildman–Crippen MR) is 167 cm³/mol. The summed E-state index contributed by atoms with van der Waals surface area (Å²) in [5.41, 5.74) is 5.60. The fraction of sp³-hybridized carbons (Fsp3) is 0.235. The summed E-state index contributed by atoms with van der Waals surface area (Å²) < 4.78 is 13.3. The molecule has 0 amide bonds. The summed E-state index contributed by atoms with van der Waals surface area (Å²) in [6, 6.07) is 19.3. The number of carboxylic acid groups (broad SMARTS) is 2. The van der Waals surface area contributed by atoms with Crippen molar-refractivity contribution < 1.29 is 29.3 Å². The van der Waals surface area contributed by atoms with Crippen LogP contribution in [-0.2, 0) is 22.6 Å². The number of aliphatic carboxylic acids is 2. The lowest BCUT2D eigenvalue weighted by Gasteiger charge is -2.08. The van der Waals surface area contributed by atoms with Gasteiger partial charge in [-0.1, -0.05) is 60.2 Å². The molecule has 0 bridgehead atoms. The predicted octanol–water partition coefficient (Wildman–Crippen LogP) is 7.59. The number of fused-ring (bicyclic) bond motifs is 1. The third kappa shape index (κ3) is 8.04. The minimum Gasteiger partial charge on any atom is -0.490 e. The van der Waals surface area contributed by atoms with Gasteiger partial charge < -0.3 is 24.3 Å². The van der Waals surface area contributed by atoms with Crippen molar-refractivity contribution in [3.8, 4) is 11.5 Å². The molecule has 1 aromatic heterocycles. The molecule has 218 valence electrons. The number of hydrogen-bond donors (Lipinski definition) is 2. The first-order valence-corrected chi connectivity index (χ1v) is 14.1. The van der Waals surface area contributed by atoms with Crippen molar-refractivity contribution in [2.75, 3.05) is 13.2 Å². The highest BCUT2D eigenvalue weighted by Gasteiger charge is 2.18. The number of aryl methyl sites for hydroxylation is 2. The number of rotatable bonds is 14. The number of nitrogens with zero attached hydrogens (tertiary/aromatic N) is 1. The fourth-order valence-electron chi connectivity index (χ4n) is 4.83. The Morgan fingerprint density at radius 2 is 1.64 bits per heavy atom. The van der Waals surface area contributed by atoms with Gasteiger partial charge in [0.25, 0.3) is 0 Å². The lowest BCUT2D eigenvalue weighted by atomic mass is 10.0. The number of para-hydroxylation sites is 1. The second-order valence-corrected chi connectivity index (χ2v) is 10.4. The van der Waals surface area contributed by atoms with Crippen LogP contribution in [0.2, 0.25) is 5.02 Å². The smallest absolute Gasteiger partial charge is 0.323 e. The summed E-state index contributed by atoms with van der Waals surface area (Å²) in [6.07, 6.45) is 8.85. The Kier molecular flexibility index (Phi) is 10.5. The van der Waals surface area contributed by atoms with Crippen LogP contribution in [0.25, 0.3) is 23.1 Å². The summed E-state index contributed by atoms with van der Waals surface area (Å²) in [5, 5.41) is 20.1. The normalized spacial score (nSPS) is 11.5. The molecule has 0 saturated carbocycles. The molecule has 4 aromatic rings. The largest absolute Gasteiger partial charge is 0.490 e. The molecule has 0 fully saturated rings. The molecule has 1 heterocycles. The van der Waals surface area contributed by atoms with Crippen LogP contribution >= 0.6 is 11.6 Å². The number of carboxylic acids is 2. The molecule has 0 aliphatic carbocycles. The van der Waals surface area contributed by atoms with E-state index in [1.807, 2.05) is 98.8 Å². The van der Waals surface area contributed by atoms with E-state index in [-0.39, 0.29) is 13.0 Å². The fourth-order valence-corrected chi connectivity index (χ4v) is 5.12. The van der Waals surface area contributed by atoms with Crippen molar-refractivity contribution in [1.82, 2.24) is 4.57 Å². The van der Waals surface area contributed by atoms with Crippen molar-refractivity contribution in [3.05, 3.63) is 106 Å². The van der Waals surface area contributed by atoms with Gasteiger partial charge in [-0.05, 0) is 85.4 Å². The topological polar surface area (TPSA) is 98.0 Å². The first kappa shape index (κ1) is 30.5. The number of aromatic nitrogens is 1. The second-order valence-electron chi connectivity index (χ2n) is 9.96. The first-order chi connectivity index (χ1) is 20.2. The van der Waals surface area contributed by atoms with Crippen LogP contribution in [0.4, 0.5) is 0 Å². The standard InChI is InChI=1S/C34H34ClNO6/c1-23-11-18-31(30(35)21-23)42-20-4-3-19-41-27-16-13-25(14-17-27)12-15-26-7-5-9-29-28(8-6-10-32(37)38)24(2)36(34(26)29)22-33(39)40/h3-5,7,9,11-18,21H,6,8,10,19-20,22H2,1-2H3,(H,37,38)(H,39,40)/b4-3+,15-12?. The van der Waals surface area contributed by atoms with Gasteiger partial charge in [-0.2, -0.15) is 0 Å². The number of halogens is 1. The zero-order valence-corrected chi connectivity index (χ0v) is 24.4. The summed E-state index contributed by atoms with van der Waals surface area (Å²) in [7, 11) is 0. The zero-order valence-electron chi connectivity index (χ0n) is 23.7. The van der Waals surface area contributed by atoms with Gasteiger partial charge in [-0.3, -0.25) is 9.59 Å². The van der Waals surface area contributed by atoms with Crippen molar-refractivity contribution in [2.45, 2.75) is 39.7 Å². The zero-order chi connectivity index (χ0) is 30.1. The van der Waals surface area contributed by atoms with E-state index in [4.69, 9.17) is 26.2 Å². The average Bonchev–Trinajstić information content (AvgIpc) is 3.21. The molecule has 7 nitrogen and oxygen atoms in total. The van der Waals surface area contributed by atoms with Gasteiger partial charge >= 0.3 is 11.9 Å². The Bertz CT molecular complexity index is 1620. The Balaban J connectivity index is 1.40. The summed E-state index contributed by atoms with van der Waals surface area (Å²) in [6.45, 7) is 4.50. The van der Waals surface area contributed by atoms with E-state index < -0.39 is 11.9 Å². The third-order valence-electron chi connectivity index (χ3n) is 6.89. The van der Waals surface area contributed by atoms with Gasteiger partial charge in [-0.25, -0.2) is 0 Å². The van der Waals surface area contributed by atoms with Crippen LogP contribution in [-0.4, -0.2) is 39.9 Å². The first-order valence-electron chi connectivity index (χ1n) is 13.7. The van der Waals surface area contributed by atoms with Crippen LogP contribution in [0.3, 0.4) is 0 Å². The van der Waals surface area contributed by atoms with Gasteiger partial charge in [0, 0.05) is 17.5 Å². The lowest BCUT2D eigenvalue weighted by Crippen LogP contribution is -2.10. The maximum absolute atomic E-state index is 11.7. The molecule has 0 atom stereocenters. The highest BCUT2D eigenvalue weighted by Crippen LogP contribution is 2.31. The van der Waals surface area contributed by atoms with Crippen LogP contribution in [0, 0.1) is 13.8 Å². The van der Waals surface area contributed by atoms with Gasteiger partial charge in [0.15, 0.2) is 0 Å². The molecule has 0 unspecified atom stereocenters. The van der Waals surface area contributed by atoms with Crippen LogP contribution < -0.4 is 9.47 Å². The van der Waals surface area contributed by atoms with Crippen molar-refractivity contribution >= 4 is 46.6 Å². The minimum atomic E-state index is -0.931. The highest BCUT2D eigenvalue weighted by atomic mass is 35.5. The lowest BCUT2D eigenvalue weighted by molar-refractivity contribution is -0.138. The maximum atomic E-state index is 11.7. The molecule has 42 heavy (non-hydrogen) atoms. The molecule has 0 aliphatic rings. The molecular weight excluding hydrogens is 554 g/mol. The number of carbonyl (C=O) groups is 2. The van der Waals surface area contributed by atoms with Gasteiger partial charge in [0.1, 0.15) is 31.3 Å². The van der Waals surface area contributed by atoms with E-state index in [2.05, 4.69) is 0 Å². The molecular formula is C34H34ClNO6. The maximum Gasteiger partial charge on any atom is 0.323 e. The van der Waals surface area contributed by atoms with Gasteiger partial charge in [0.05, 0.1) is 10.5 Å². The van der Waals surface area contributed by atoms with Crippen molar-refractivity contribution in [2.24, 2.45) is 0 Å². The monoisotopic (exact) mass is 587 g/mol. The van der Waals surface area contributed by atoms with E-state index in [1.165, 1.54) is 0 Å². The van der Waals surface area contributed by atoms with Gasteiger partial charge in [-0.15, -0.1) is 0 Å². The molecule has 0 saturated heterocycles. The molecule has 4 rings (SSSR count). The third-order valence-corrected chi connectivity index (χ3v) is 7.18. The van der Waals surface area contributed by atoms with Crippen LogP contribution in [0.5, 0.6) is 11.5 Å². The van der Waals surface area contributed by atoms with Gasteiger partial charge in [0.2, 0.25) is 0 Å². The Labute approximate surface area is 250 Å². The van der Waals surface area contributed by atoms with Crippen LogP contribution in [0.1, 0.15) is 40.8 Å². The number of benzene rings is 3. The molecule has 3 aromatic carbocycles. The van der Waals surface area contributed by atoms with E-state index in [0.29, 0.717) is 36.8 Å². The second kappa shape index (κ2) is 14.4. The molecule has 0 aliphatic heterocycles. The molecule has 0 radical (unpaired) electrons. The minimum absolute atomic E-state index is 0.0678. The average molecular weight is 588 g/mol. The van der Waals surface area contributed by atoms with E-state index in [1.54, 1.807) is 4.57 Å².